The van der Waals surface area contributed by atoms with Gasteiger partial charge in [-0.3, -0.25) is 0 Å². The van der Waals surface area contributed by atoms with E-state index >= 15 is 0 Å². The van der Waals surface area contributed by atoms with Crippen LogP contribution in [0, 0.1) is 5.82 Å². The van der Waals surface area contributed by atoms with Crippen molar-refractivity contribution in [2.24, 2.45) is 0 Å². The molecular formula is C24H30FN3O. The van der Waals surface area contributed by atoms with Crippen LogP contribution < -0.4 is 9.80 Å². The number of para-hydroxylation sites is 1. The molecule has 2 aromatic rings. The number of likely N-dealkylation sites (N-methyl/N-ethyl adjacent to an activating group) is 1. The highest BCUT2D eigenvalue weighted by Crippen LogP contribution is 2.54. The maximum absolute atomic E-state index is 13.6. The van der Waals surface area contributed by atoms with Crippen molar-refractivity contribution in [3.8, 4) is 0 Å². The van der Waals surface area contributed by atoms with E-state index in [2.05, 4.69) is 39.9 Å². The summed E-state index contributed by atoms with van der Waals surface area (Å²) in [5, 5.41) is 9.11. The summed E-state index contributed by atoms with van der Waals surface area (Å²) in [7, 11) is 2.17. The lowest BCUT2D eigenvalue weighted by molar-refractivity contribution is 0.181. The Hall–Kier alpha value is -2.11. The molecule has 3 aliphatic heterocycles. The molecule has 5 rings (SSSR count). The predicted molar refractivity (Wildman–Crippen MR) is 115 cm³/mol. The topological polar surface area (TPSA) is 30.0 Å². The zero-order valence-electron chi connectivity index (χ0n) is 17.1. The average Bonchev–Trinajstić information content (AvgIpc) is 3.06. The van der Waals surface area contributed by atoms with Gasteiger partial charge in [0.15, 0.2) is 0 Å². The van der Waals surface area contributed by atoms with E-state index in [0.29, 0.717) is 12.0 Å². The lowest BCUT2D eigenvalue weighted by atomic mass is 9.88. The van der Waals surface area contributed by atoms with Crippen molar-refractivity contribution >= 4 is 11.4 Å². The summed E-state index contributed by atoms with van der Waals surface area (Å²) in [5.41, 5.74) is 5.38. The molecule has 1 saturated heterocycles. The van der Waals surface area contributed by atoms with Crippen LogP contribution in [0.2, 0.25) is 0 Å². The zero-order valence-corrected chi connectivity index (χ0v) is 17.1. The van der Waals surface area contributed by atoms with Crippen molar-refractivity contribution < 1.29 is 9.50 Å². The second-order valence-electron chi connectivity index (χ2n) is 8.76. The molecule has 0 aromatic heterocycles. The van der Waals surface area contributed by atoms with Crippen molar-refractivity contribution in [3.63, 3.8) is 0 Å². The summed E-state index contributed by atoms with van der Waals surface area (Å²) in [4.78, 5) is 7.60. The molecule has 0 spiro atoms. The normalized spacial score (nSPS) is 25.8. The summed E-state index contributed by atoms with van der Waals surface area (Å²) < 4.78 is 13.6. The fourth-order valence-electron chi connectivity index (χ4n) is 5.68. The van der Waals surface area contributed by atoms with Crippen LogP contribution in [0.1, 0.15) is 42.3 Å². The number of nitrogens with zero attached hydrogens (tertiary/aromatic N) is 3. The molecule has 29 heavy (non-hydrogen) atoms. The summed E-state index contributed by atoms with van der Waals surface area (Å²) in [6, 6.07) is 14.6. The Labute approximate surface area is 172 Å². The second-order valence-corrected chi connectivity index (χ2v) is 8.76. The van der Waals surface area contributed by atoms with E-state index in [1.165, 1.54) is 22.5 Å². The van der Waals surface area contributed by atoms with Crippen LogP contribution in [0.15, 0.2) is 42.5 Å². The van der Waals surface area contributed by atoms with Crippen LogP contribution in [-0.2, 0) is 0 Å². The van der Waals surface area contributed by atoms with E-state index in [-0.39, 0.29) is 18.5 Å². The number of halogens is 1. The van der Waals surface area contributed by atoms with Gasteiger partial charge in [0.2, 0.25) is 0 Å². The van der Waals surface area contributed by atoms with Gasteiger partial charge in [-0.1, -0.05) is 24.3 Å². The van der Waals surface area contributed by atoms with E-state index in [1.54, 1.807) is 12.1 Å². The number of anilines is 2. The third-order valence-electron chi connectivity index (χ3n) is 7.05. The molecule has 154 valence electrons. The summed E-state index contributed by atoms with van der Waals surface area (Å²) >= 11 is 0. The number of fused-ring (bicyclic) bond motifs is 3. The van der Waals surface area contributed by atoms with E-state index in [0.717, 1.165) is 45.4 Å². The fraction of sp³-hybridized carbons (Fsp3) is 0.500. The van der Waals surface area contributed by atoms with Crippen molar-refractivity contribution in [1.82, 2.24) is 4.90 Å². The maximum atomic E-state index is 13.6. The van der Waals surface area contributed by atoms with Gasteiger partial charge in [-0.05, 0) is 55.1 Å². The average molecular weight is 396 g/mol. The molecule has 3 atom stereocenters. The van der Waals surface area contributed by atoms with Gasteiger partial charge >= 0.3 is 0 Å². The number of aliphatic hydroxyl groups is 1. The number of aliphatic hydroxyl groups excluding tert-OH is 1. The Balaban J connectivity index is 1.49. The van der Waals surface area contributed by atoms with Crippen LogP contribution in [0.5, 0.6) is 0 Å². The SMILES string of the molecule is CN1CC(c2ccc(F)cc2)N2c3c(cccc31)[C@@H]1CN(CCCCO)CC[C@@H]12. The van der Waals surface area contributed by atoms with Crippen LogP contribution in [0.25, 0.3) is 0 Å². The van der Waals surface area contributed by atoms with E-state index < -0.39 is 0 Å². The first-order valence-electron chi connectivity index (χ1n) is 10.9. The van der Waals surface area contributed by atoms with Gasteiger partial charge in [0.05, 0.1) is 17.4 Å². The first-order valence-corrected chi connectivity index (χ1v) is 10.9. The molecule has 0 aliphatic carbocycles. The fourth-order valence-corrected chi connectivity index (χ4v) is 5.68. The molecule has 0 bridgehead atoms. The van der Waals surface area contributed by atoms with Gasteiger partial charge in [0.1, 0.15) is 5.82 Å². The third kappa shape index (κ3) is 3.21. The highest BCUT2D eigenvalue weighted by atomic mass is 19.1. The van der Waals surface area contributed by atoms with Gasteiger partial charge in [-0.15, -0.1) is 0 Å². The summed E-state index contributed by atoms with van der Waals surface area (Å²) in [5.74, 6) is 0.344. The minimum atomic E-state index is -0.172. The van der Waals surface area contributed by atoms with Gasteiger partial charge in [-0.2, -0.15) is 0 Å². The Bertz CT molecular complexity index is 871. The molecule has 1 N–H and O–H groups in total. The van der Waals surface area contributed by atoms with Crippen LogP contribution in [0.4, 0.5) is 15.8 Å². The van der Waals surface area contributed by atoms with Gasteiger partial charge in [0, 0.05) is 45.2 Å². The lowest BCUT2D eigenvalue weighted by Gasteiger charge is -2.46. The molecule has 5 heteroatoms. The van der Waals surface area contributed by atoms with Crippen molar-refractivity contribution in [2.45, 2.75) is 37.3 Å². The molecule has 4 nitrogen and oxygen atoms in total. The summed E-state index contributed by atoms with van der Waals surface area (Å²) in [6.07, 6.45) is 3.10. The monoisotopic (exact) mass is 395 g/mol. The Kier molecular flexibility index (Phi) is 4.96. The highest BCUT2D eigenvalue weighted by molar-refractivity contribution is 5.81. The third-order valence-corrected chi connectivity index (χ3v) is 7.05. The van der Waals surface area contributed by atoms with E-state index in [4.69, 9.17) is 5.11 Å². The molecular weight excluding hydrogens is 365 g/mol. The van der Waals surface area contributed by atoms with Crippen LogP contribution >= 0.6 is 0 Å². The second kappa shape index (κ2) is 7.62. The molecule has 1 fully saturated rings. The van der Waals surface area contributed by atoms with Crippen LogP contribution in [0.3, 0.4) is 0 Å². The minimum absolute atomic E-state index is 0.172. The van der Waals surface area contributed by atoms with Gasteiger partial charge in [0.25, 0.3) is 0 Å². The number of hydrogen-bond acceptors (Lipinski definition) is 4. The van der Waals surface area contributed by atoms with E-state index in [1.807, 2.05) is 12.1 Å². The molecule has 0 saturated carbocycles. The van der Waals surface area contributed by atoms with Crippen molar-refractivity contribution in [2.75, 3.05) is 49.6 Å². The first kappa shape index (κ1) is 18.9. The molecule has 3 aliphatic rings. The zero-order chi connectivity index (χ0) is 20.0. The van der Waals surface area contributed by atoms with Gasteiger partial charge < -0.3 is 19.8 Å². The maximum Gasteiger partial charge on any atom is 0.123 e. The summed E-state index contributed by atoms with van der Waals surface area (Å²) in [6.45, 7) is 4.47. The van der Waals surface area contributed by atoms with E-state index in [9.17, 15) is 4.39 Å². The number of rotatable bonds is 5. The molecule has 0 amide bonds. The smallest absolute Gasteiger partial charge is 0.123 e. The predicted octanol–water partition coefficient (Wildman–Crippen LogP) is 3.77. The number of likely N-dealkylation sites (tertiary alicyclic amines) is 1. The molecule has 0 radical (unpaired) electrons. The molecule has 2 aromatic carbocycles. The number of benzene rings is 2. The number of piperidine rings is 1. The Morgan fingerprint density at radius 1 is 1.07 bits per heavy atom. The molecule has 1 unspecified atom stereocenters. The number of hydrogen-bond donors (Lipinski definition) is 1. The van der Waals surface area contributed by atoms with Crippen LogP contribution in [-0.4, -0.2) is 55.9 Å². The van der Waals surface area contributed by atoms with Crippen molar-refractivity contribution in [1.29, 1.82) is 0 Å². The Morgan fingerprint density at radius 3 is 2.69 bits per heavy atom. The lowest BCUT2D eigenvalue weighted by Crippen LogP contribution is -2.50. The largest absolute Gasteiger partial charge is 0.396 e. The van der Waals surface area contributed by atoms with Crippen molar-refractivity contribution in [3.05, 3.63) is 59.4 Å². The standard InChI is InChI=1S/C24H30FN3O/c1-26-16-23(17-7-9-18(25)10-8-17)28-21-11-13-27(12-2-3-14-29)15-20(21)19-5-4-6-22(26)24(19)28/h4-10,20-21,23,29H,2-3,11-16H2,1H3/t20-,21-,23?/m0/s1. The minimum Gasteiger partial charge on any atom is -0.396 e. The number of unbranched alkanes of at least 4 members (excludes halogenated alkanes) is 1. The van der Waals surface area contributed by atoms with Gasteiger partial charge in [-0.25, -0.2) is 4.39 Å². The Morgan fingerprint density at radius 2 is 1.90 bits per heavy atom. The highest BCUT2D eigenvalue weighted by Gasteiger charge is 2.48. The first-order chi connectivity index (χ1) is 14.2. The molecule has 3 heterocycles. The quantitative estimate of drug-likeness (QED) is 0.781.